The summed E-state index contributed by atoms with van der Waals surface area (Å²) in [5.74, 6) is 0.744. The predicted molar refractivity (Wildman–Crippen MR) is 116 cm³/mol. The number of unbranched alkanes of at least 4 members (excludes halogenated alkanes) is 2. The maximum atomic E-state index is 13.2. The van der Waals surface area contributed by atoms with Crippen LogP contribution in [-0.2, 0) is 4.79 Å². The van der Waals surface area contributed by atoms with Gasteiger partial charge in [-0.05, 0) is 54.6 Å². The molecule has 2 heterocycles. The number of aromatic nitrogens is 1. The van der Waals surface area contributed by atoms with E-state index in [-0.39, 0.29) is 23.4 Å². The molecular formula is C24H36N4O. The van der Waals surface area contributed by atoms with E-state index >= 15 is 0 Å². The lowest BCUT2D eigenvalue weighted by Gasteiger charge is -2.39. The fraction of sp³-hybridized carbons (Fsp3) is 0.708. The van der Waals surface area contributed by atoms with Gasteiger partial charge in [-0.25, -0.2) is 0 Å². The highest BCUT2D eigenvalue weighted by Gasteiger charge is 2.61. The standard InChI is InChI=1S/C24H36N4O/c1-5-6-9-14-28-20(18-10-7-8-13-25-18)16-19(27-28)22(29)26-21-15-17-11-12-24(21,4)23(17,2)3/h7-8,10,13,17,20-21H,5-6,9,11-12,14-16H2,1-4H3,(H,26,29)/t17-,20?,21+,24+/m1/s1. The van der Waals surface area contributed by atoms with Crippen LogP contribution in [-0.4, -0.2) is 34.2 Å². The highest BCUT2D eigenvalue weighted by molar-refractivity contribution is 6.39. The molecule has 29 heavy (non-hydrogen) atoms. The Labute approximate surface area is 175 Å². The monoisotopic (exact) mass is 396 g/mol. The topological polar surface area (TPSA) is 57.6 Å². The van der Waals surface area contributed by atoms with E-state index in [1.54, 1.807) is 0 Å². The number of amides is 1. The summed E-state index contributed by atoms with van der Waals surface area (Å²) >= 11 is 0. The first-order chi connectivity index (χ1) is 13.9. The van der Waals surface area contributed by atoms with E-state index in [0.29, 0.717) is 17.5 Å². The number of rotatable bonds is 7. The summed E-state index contributed by atoms with van der Waals surface area (Å²) in [4.78, 5) is 17.7. The zero-order chi connectivity index (χ0) is 20.6. The van der Waals surface area contributed by atoms with E-state index in [2.05, 4.69) is 43.0 Å². The molecule has 5 heteroatoms. The van der Waals surface area contributed by atoms with Crippen LogP contribution in [0.25, 0.3) is 0 Å². The summed E-state index contributed by atoms with van der Waals surface area (Å²) < 4.78 is 0. The van der Waals surface area contributed by atoms with Crippen molar-refractivity contribution >= 4 is 11.6 Å². The van der Waals surface area contributed by atoms with Crippen LogP contribution in [0.4, 0.5) is 0 Å². The summed E-state index contributed by atoms with van der Waals surface area (Å²) in [5, 5.41) is 10.3. The third-order valence-electron chi connectivity index (χ3n) is 8.38. The van der Waals surface area contributed by atoms with Crippen molar-refractivity contribution in [2.75, 3.05) is 6.54 Å². The van der Waals surface area contributed by atoms with Gasteiger partial charge in [0.2, 0.25) is 0 Å². The molecule has 1 N–H and O–H groups in total. The average Bonchev–Trinajstić information content (AvgIpc) is 3.29. The van der Waals surface area contributed by atoms with Gasteiger partial charge in [0.25, 0.3) is 5.91 Å². The first kappa shape index (κ1) is 20.4. The molecule has 1 aromatic rings. The fourth-order valence-corrected chi connectivity index (χ4v) is 5.92. The molecule has 1 aromatic heterocycles. The summed E-state index contributed by atoms with van der Waals surface area (Å²) in [7, 11) is 0. The number of nitrogens with one attached hydrogen (secondary N) is 1. The maximum Gasteiger partial charge on any atom is 0.267 e. The molecule has 0 saturated heterocycles. The highest BCUT2D eigenvalue weighted by atomic mass is 16.2. The Hall–Kier alpha value is -1.91. The fourth-order valence-electron chi connectivity index (χ4n) is 5.92. The third-order valence-corrected chi connectivity index (χ3v) is 8.38. The molecule has 1 unspecified atom stereocenters. The number of fused-ring (bicyclic) bond motifs is 2. The van der Waals surface area contributed by atoms with Gasteiger partial charge in [-0.3, -0.25) is 14.8 Å². The van der Waals surface area contributed by atoms with Crippen molar-refractivity contribution in [1.82, 2.24) is 15.3 Å². The number of hydrogen-bond acceptors (Lipinski definition) is 4. The largest absolute Gasteiger partial charge is 0.348 e. The molecule has 158 valence electrons. The minimum Gasteiger partial charge on any atom is -0.348 e. The summed E-state index contributed by atoms with van der Waals surface area (Å²) in [6.45, 7) is 10.2. The first-order valence-electron chi connectivity index (χ1n) is 11.4. The summed E-state index contributed by atoms with van der Waals surface area (Å²) in [6, 6.07) is 6.33. The van der Waals surface area contributed by atoms with Crippen molar-refractivity contribution < 1.29 is 4.79 Å². The lowest BCUT2D eigenvalue weighted by molar-refractivity contribution is -0.116. The quantitative estimate of drug-likeness (QED) is 0.679. The number of carbonyl (C=O) groups excluding carboxylic acids is 1. The zero-order valence-corrected chi connectivity index (χ0v) is 18.4. The van der Waals surface area contributed by atoms with E-state index in [4.69, 9.17) is 5.10 Å². The molecule has 3 aliphatic rings. The van der Waals surface area contributed by atoms with Crippen molar-refractivity contribution in [3.8, 4) is 0 Å². The molecule has 4 atom stereocenters. The molecule has 0 spiro atoms. The van der Waals surface area contributed by atoms with Gasteiger partial charge < -0.3 is 5.32 Å². The van der Waals surface area contributed by atoms with E-state index in [1.807, 2.05) is 24.4 Å². The van der Waals surface area contributed by atoms with E-state index < -0.39 is 0 Å². The average molecular weight is 397 g/mol. The predicted octanol–water partition coefficient (Wildman–Crippen LogP) is 4.71. The molecule has 1 amide bonds. The first-order valence-corrected chi connectivity index (χ1v) is 11.4. The number of hydrogen-bond donors (Lipinski definition) is 1. The Balaban J connectivity index is 1.47. The van der Waals surface area contributed by atoms with Crippen molar-refractivity contribution in [3.63, 3.8) is 0 Å². The number of nitrogens with zero attached hydrogens (tertiary/aromatic N) is 3. The second-order valence-corrected chi connectivity index (χ2v) is 10.0. The Morgan fingerprint density at radius 1 is 1.28 bits per heavy atom. The molecule has 2 fully saturated rings. The van der Waals surface area contributed by atoms with E-state index in [9.17, 15) is 4.79 Å². The SMILES string of the molecule is CCCCCN1N=C(C(=O)N[C@H]2C[C@H]3CC[C@]2(C)C3(C)C)CC1c1ccccn1. The van der Waals surface area contributed by atoms with Gasteiger partial charge >= 0.3 is 0 Å². The second-order valence-electron chi connectivity index (χ2n) is 10.0. The van der Waals surface area contributed by atoms with Gasteiger partial charge in [-0.2, -0.15) is 5.10 Å². The van der Waals surface area contributed by atoms with Crippen LogP contribution in [0.1, 0.15) is 84.4 Å². The van der Waals surface area contributed by atoms with Crippen molar-refractivity contribution in [2.24, 2.45) is 21.8 Å². The lowest BCUT2D eigenvalue weighted by atomic mass is 9.69. The zero-order valence-electron chi connectivity index (χ0n) is 18.4. The molecular weight excluding hydrogens is 360 g/mol. The smallest absolute Gasteiger partial charge is 0.267 e. The van der Waals surface area contributed by atoms with Gasteiger partial charge in [0.15, 0.2) is 0 Å². The minimum absolute atomic E-state index is 0.0264. The molecule has 2 saturated carbocycles. The van der Waals surface area contributed by atoms with E-state index in [1.165, 1.54) is 25.7 Å². The number of pyridine rings is 1. The summed E-state index contributed by atoms with van der Waals surface area (Å²) in [6.07, 6.45) is 9.53. The second kappa shape index (κ2) is 7.73. The normalized spacial score (nSPS) is 32.5. The lowest BCUT2D eigenvalue weighted by Crippen LogP contribution is -2.48. The van der Waals surface area contributed by atoms with Crippen LogP contribution in [0.5, 0.6) is 0 Å². The van der Waals surface area contributed by atoms with Gasteiger partial charge in [0, 0.05) is 25.2 Å². The van der Waals surface area contributed by atoms with Crippen LogP contribution in [0, 0.1) is 16.7 Å². The molecule has 5 nitrogen and oxygen atoms in total. The molecule has 2 bridgehead atoms. The summed E-state index contributed by atoms with van der Waals surface area (Å²) in [5.41, 5.74) is 2.16. The van der Waals surface area contributed by atoms with Gasteiger partial charge in [-0.1, -0.05) is 46.6 Å². The Bertz CT molecular complexity index is 774. The molecule has 1 aliphatic heterocycles. The maximum absolute atomic E-state index is 13.2. The van der Waals surface area contributed by atoms with Crippen LogP contribution < -0.4 is 5.32 Å². The highest BCUT2D eigenvalue weighted by Crippen LogP contribution is 2.65. The Morgan fingerprint density at radius 3 is 2.72 bits per heavy atom. The van der Waals surface area contributed by atoms with Crippen molar-refractivity contribution in [2.45, 2.75) is 84.7 Å². The van der Waals surface area contributed by atoms with Crippen LogP contribution in [0.15, 0.2) is 29.5 Å². The third kappa shape index (κ3) is 3.47. The van der Waals surface area contributed by atoms with Crippen molar-refractivity contribution in [1.29, 1.82) is 0 Å². The Morgan fingerprint density at radius 2 is 2.10 bits per heavy atom. The molecule has 2 aliphatic carbocycles. The van der Waals surface area contributed by atoms with Crippen LogP contribution in [0.2, 0.25) is 0 Å². The van der Waals surface area contributed by atoms with Crippen LogP contribution >= 0.6 is 0 Å². The van der Waals surface area contributed by atoms with Crippen molar-refractivity contribution in [3.05, 3.63) is 30.1 Å². The molecule has 4 rings (SSSR count). The molecule has 0 aromatic carbocycles. The van der Waals surface area contributed by atoms with Gasteiger partial charge in [0.05, 0.1) is 11.7 Å². The minimum atomic E-state index is 0.0264. The van der Waals surface area contributed by atoms with Gasteiger partial charge in [0.1, 0.15) is 5.71 Å². The number of hydrazone groups is 1. The van der Waals surface area contributed by atoms with Gasteiger partial charge in [-0.15, -0.1) is 0 Å². The van der Waals surface area contributed by atoms with E-state index in [0.717, 1.165) is 31.0 Å². The van der Waals surface area contributed by atoms with Crippen LogP contribution in [0.3, 0.4) is 0 Å². The molecule has 0 radical (unpaired) electrons. The Kier molecular flexibility index (Phi) is 5.43. The number of carbonyl (C=O) groups is 1.